The van der Waals surface area contributed by atoms with Crippen LogP contribution in [0.4, 0.5) is 5.69 Å². The molecule has 1 aliphatic carbocycles. The van der Waals surface area contributed by atoms with Crippen LogP contribution in [-0.4, -0.2) is 51.5 Å². The summed E-state index contributed by atoms with van der Waals surface area (Å²) in [5.74, 6) is -0.402. The molecular formula is C34H29N3O5. The molecule has 1 fully saturated rings. The van der Waals surface area contributed by atoms with Crippen molar-refractivity contribution in [1.82, 2.24) is 9.88 Å². The van der Waals surface area contributed by atoms with E-state index in [4.69, 9.17) is 9.72 Å². The Hall–Kier alpha value is -4.82. The quantitative estimate of drug-likeness (QED) is 0.338. The van der Waals surface area contributed by atoms with Gasteiger partial charge in [-0.2, -0.15) is 0 Å². The molecule has 0 unspecified atom stereocenters. The fourth-order valence-electron chi connectivity index (χ4n) is 6.75. The SMILES string of the molecule is CCN1C(=O)COc2nc(-c3ccc(C4(N5C(=O)c6ccccc6C5=O)CC(C)(O)C4)cc3)c(-c3ccccc3)cc21. The standard InChI is InChI=1S/C34H29N3O5/c1-3-36-27-17-26(21-9-5-4-6-10-21)29(35-30(27)42-18-28(36)38)22-13-15-23(16-14-22)34(19-33(2,41)20-34)37-31(39)24-11-7-8-12-25(24)32(37)40/h4-17,41H,3,18-20H2,1-2H3. The molecule has 4 aromatic rings. The number of pyridine rings is 1. The first-order valence-corrected chi connectivity index (χ1v) is 14.1. The number of anilines is 1. The summed E-state index contributed by atoms with van der Waals surface area (Å²) >= 11 is 0. The number of rotatable bonds is 5. The third-order valence-electron chi connectivity index (χ3n) is 8.56. The zero-order valence-corrected chi connectivity index (χ0v) is 23.3. The van der Waals surface area contributed by atoms with Crippen LogP contribution in [0, 0.1) is 0 Å². The van der Waals surface area contributed by atoms with Crippen LogP contribution in [0.3, 0.4) is 0 Å². The van der Waals surface area contributed by atoms with Gasteiger partial charge in [-0.1, -0.05) is 66.7 Å². The molecule has 42 heavy (non-hydrogen) atoms. The summed E-state index contributed by atoms with van der Waals surface area (Å²) in [6, 6.07) is 26.3. The second kappa shape index (κ2) is 9.36. The Bertz CT molecular complexity index is 1720. The molecule has 3 aliphatic rings. The summed E-state index contributed by atoms with van der Waals surface area (Å²) in [5.41, 5.74) is 3.49. The van der Waals surface area contributed by atoms with Crippen LogP contribution in [-0.2, 0) is 10.3 Å². The van der Waals surface area contributed by atoms with Gasteiger partial charge < -0.3 is 14.7 Å². The highest BCUT2D eigenvalue weighted by Gasteiger charge is 2.60. The van der Waals surface area contributed by atoms with Gasteiger partial charge in [0.2, 0.25) is 5.88 Å². The highest BCUT2D eigenvalue weighted by atomic mass is 16.5. The average Bonchev–Trinajstić information content (AvgIpc) is 3.25. The van der Waals surface area contributed by atoms with Crippen molar-refractivity contribution in [2.24, 2.45) is 0 Å². The van der Waals surface area contributed by atoms with Crippen LogP contribution in [0.15, 0.2) is 84.9 Å². The van der Waals surface area contributed by atoms with Crippen molar-refractivity contribution in [2.45, 2.75) is 37.8 Å². The minimum Gasteiger partial charge on any atom is -0.466 e. The number of ether oxygens (including phenoxy) is 1. The Morgan fingerprint density at radius 3 is 2.05 bits per heavy atom. The molecule has 2 aliphatic heterocycles. The zero-order valence-electron chi connectivity index (χ0n) is 23.3. The van der Waals surface area contributed by atoms with Gasteiger partial charge >= 0.3 is 0 Å². The molecule has 3 heterocycles. The van der Waals surface area contributed by atoms with E-state index in [1.165, 1.54) is 4.90 Å². The smallest absolute Gasteiger partial charge is 0.265 e. The number of imide groups is 1. The van der Waals surface area contributed by atoms with E-state index >= 15 is 0 Å². The number of benzene rings is 3. The van der Waals surface area contributed by atoms with Crippen LogP contribution >= 0.6 is 0 Å². The fraction of sp³-hybridized carbons (Fsp3) is 0.235. The summed E-state index contributed by atoms with van der Waals surface area (Å²) in [4.78, 5) is 47.4. The molecule has 0 spiro atoms. The summed E-state index contributed by atoms with van der Waals surface area (Å²) in [5, 5.41) is 10.8. The predicted octanol–water partition coefficient (Wildman–Crippen LogP) is 5.20. The van der Waals surface area contributed by atoms with Gasteiger partial charge in [0.25, 0.3) is 17.7 Å². The lowest BCUT2D eigenvalue weighted by molar-refractivity contribution is -0.121. The summed E-state index contributed by atoms with van der Waals surface area (Å²) in [6.07, 6.45) is 0.484. The monoisotopic (exact) mass is 559 g/mol. The van der Waals surface area contributed by atoms with Crippen LogP contribution < -0.4 is 9.64 Å². The van der Waals surface area contributed by atoms with Gasteiger partial charge in [-0.05, 0) is 43.2 Å². The van der Waals surface area contributed by atoms with Crippen molar-refractivity contribution in [1.29, 1.82) is 0 Å². The third kappa shape index (κ3) is 3.86. The van der Waals surface area contributed by atoms with E-state index in [2.05, 4.69) is 0 Å². The Morgan fingerprint density at radius 2 is 1.45 bits per heavy atom. The van der Waals surface area contributed by atoms with Crippen molar-refractivity contribution >= 4 is 23.4 Å². The molecule has 0 bridgehead atoms. The number of carbonyl (C=O) groups is 3. The summed E-state index contributed by atoms with van der Waals surface area (Å²) in [6.45, 7) is 4.08. The number of hydrogen-bond acceptors (Lipinski definition) is 6. The second-order valence-corrected chi connectivity index (χ2v) is 11.5. The Morgan fingerprint density at radius 1 is 0.833 bits per heavy atom. The second-order valence-electron chi connectivity index (χ2n) is 11.5. The molecule has 7 rings (SSSR count). The maximum absolute atomic E-state index is 13.5. The van der Waals surface area contributed by atoms with Crippen LogP contribution in [0.5, 0.6) is 5.88 Å². The molecule has 1 aromatic heterocycles. The largest absolute Gasteiger partial charge is 0.466 e. The van der Waals surface area contributed by atoms with Gasteiger partial charge in [0.15, 0.2) is 6.61 Å². The molecule has 210 valence electrons. The van der Waals surface area contributed by atoms with E-state index in [0.29, 0.717) is 34.9 Å². The molecule has 3 amide bonds. The Labute approximate surface area is 243 Å². The van der Waals surface area contributed by atoms with Gasteiger partial charge in [0, 0.05) is 30.5 Å². The third-order valence-corrected chi connectivity index (χ3v) is 8.56. The van der Waals surface area contributed by atoms with E-state index in [1.807, 2.05) is 67.6 Å². The number of aromatic nitrogens is 1. The highest BCUT2D eigenvalue weighted by Crippen LogP contribution is 2.54. The van der Waals surface area contributed by atoms with Crippen molar-refractivity contribution in [3.63, 3.8) is 0 Å². The molecule has 0 saturated heterocycles. The molecular weight excluding hydrogens is 530 g/mol. The summed E-state index contributed by atoms with van der Waals surface area (Å²) < 4.78 is 5.76. The minimum absolute atomic E-state index is 0.0698. The topological polar surface area (TPSA) is 100 Å². The Kier molecular flexibility index (Phi) is 5.81. The van der Waals surface area contributed by atoms with Gasteiger partial charge in [-0.25, -0.2) is 4.98 Å². The lowest BCUT2D eigenvalue weighted by Crippen LogP contribution is -2.63. The lowest BCUT2D eigenvalue weighted by Gasteiger charge is -2.55. The van der Waals surface area contributed by atoms with Crippen molar-refractivity contribution < 1.29 is 24.2 Å². The van der Waals surface area contributed by atoms with Crippen molar-refractivity contribution in [2.75, 3.05) is 18.1 Å². The molecule has 8 heteroatoms. The molecule has 1 N–H and O–H groups in total. The van der Waals surface area contributed by atoms with Crippen molar-refractivity contribution in [3.05, 3.63) is 102 Å². The predicted molar refractivity (Wildman–Crippen MR) is 157 cm³/mol. The molecule has 0 radical (unpaired) electrons. The molecule has 0 atom stereocenters. The summed E-state index contributed by atoms with van der Waals surface area (Å²) in [7, 11) is 0. The first-order chi connectivity index (χ1) is 20.2. The van der Waals surface area contributed by atoms with E-state index < -0.39 is 11.1 Å². The average molecular weight is 560 g/mol. The van der Waals surface area contributed by atoms with Gasteiger partial charge in [0.1, 0.15) is 5.69 Å². The van der Waals surface area contributed by atoms with Gasteiger partial charge in [0.05, 0.1) is 28.0 Å². The number of likely N-dealkylation sites (N-methyl/N-ethyl adjacent to an activating group) is 1. The van der Waals surface area contributed by atoms with Crippen LogP contribution in [0.25, 0.3) is 22.4 Å². The number of aliphatic hydroxyl groups is 1. The highest BCUT2D eigenvalue weighted by molar-refractivity contribution is 6.22. The molecule has 3 aromatic carbocycles. The molecule has 8 nitrogen and oxygen atoms in total. The number of carbonyl (C=O) groups excluding carboxylic acids is 3. The first-order valence-electron chi connectivity index (χ1n) is 14.1. The van der Waals surface area contributed by atoms with E-state index in [0.717, 1.165) is 22.3 Å². The van der Waals surface area contributed by atoms with E-state index in [-0.39, 0.29) is 37.2 Å². The lowest BCUT2D eigenvalue weighted by atomic mass is 9.61. The Balaban J connectivity index is 1.32. The number of fused-ring (bicyclic) bond motifs is 2. The van der Waals surface area contributed by atoms with Crippen LogP contribution in [0.2, 0.25) is 0 Å². The van der Waals surface area contributed by atoms with Crippen LogP contribution in [0.1, 0.15) is 53.0 Å². The number of amides is 3. The normalized spacial score (nSPS) is 22.9. The fourth-order valence-corrected chi connectivity index (χ4v) is 6.75. The number of nitrogens with zero attached hydrogens (tertiary/aromatic N) is 3. The van der Waals surface area contributed by atoms with E-state index in [9.17, 15) is 19.5 Å². The maximum atomic E-state index is 13.5. The van der Waals surface area contributed by atoms with Gasteiger partial charge in [-0.3, -0.25) is 19.3 Å². The maximum Gasteiger partial charge on any atom is 0.265 e. The van der Waals surface area contributed by atoms with E-state index in [1.54, 1.807) is 36.1 Å². The van der Waals surface area contributed by atoms with Gasteiger partial charge in [-0.15, -0.1) is 0 Å². The number of hydrogen-bond donors (Lipinski definition) is 1. The zero-order chi connectivity index (χ0) is 29.2. The molecule has 1 saturated carbocycles. The van der Waals surface area contributed by atoms with Crippen molar-refractivity contribution in [3.8, 4) is 28.3 Å². The minimum atomic E-state index is -1.01. The first kappa shape index (κ1) is 26.1.